The Balaban J connectivity index is 2.43. The molecule has 0 spiro atoms. The van der Waals surface area contributed by atoms with Gasteiger partial charge in [-0.25, -0.2) is 4.98 Å². The summed E-state index contributed by atoms with van der Waals surface area (Å²) in [6, 6.07) is 3.66. The number of fused-ring (bicyclic) bond motifs is 1. The smallest absolute Gasteiger partial charge is 0.137 e. The maximum Gasteiger partial charge on any atom is 0.137 e. The summed E-state index contributed by atoms with van der Waals surface area (Å²) in [5.74, 6) is 0. The maximum absolute atomic E-state index is 9.85. The number of hydrogen-bond acceptors (Lipinski definition) is 3. The molecule has 0 bridgehead atoms. The van der Waals surface area contributed by atoms with E-state index in [9.17, 15) is 10.2 Å². The van der Waals surface area contributed by atoms with Crippen molar-refractivity contribution < 1.29 is 10.2 Å². The molecule has 2 heterocycles. The van der Waals surface area contributed by atoms with Gasteiger partial charge in [-0.3, -0.25) is 0 Å². The Hall–Kier alpha value is -0.910. The van der Waals surface area contributed by atoms with E-state index in [1.165, 1.54) is 0 Å². The van der Waals surface area contributed by atoms with Crippen LogP contribution in [0.2, 0.25) is 0 Å². The Bertz CT molecular complexity index is 457. The summed E-state index contributed by atoms with van der Waals surface area (Å²) in [5, 5.41) is 20.5. The first-order chi connectivity index (χ1) is 7.24. The van der Waals surface area contributed by atoms with Crippen molar-refractivity contribution in [1.29, 1.82) is 0 Å². The number of alkyl halides is 1. The lowest BCUT2D eigenvalue weighted by Crippen LogP contribution is -2.19. The van der Waals surface area contributed by atoms with Crippen LogP contribution in [-0.4, -0.2) is 31.6 Å². The molecule has 0 aromatic carbocycles. The number of nitrogens with zero attached hydrogens (tertiary/aromatic N) is 1. The molecule has 0 saturated carbocycles. The van der Waals surface area contributed by atoms with Gasteiger partial charge in [-0.15, -0.1) is 0 Å². The normalized spacial score (nSPS) is 15.4. The SMILES string of the molecule is OC(CBr)C(O)c1c[nH]c2ncccc12. The van der Waals surface area contributed by atoms with Gasteiger partial charge in [0.15, 0.2) is 0 Å². The van der Waals surface area contributed by atoms with Gasteiger partial charge in [0, 0.05) is 28.7 Å². The van der Waals surface area contributed by atoms with Crippen LogP contribution in [-0.2, 0) is 0 Å². The predicted molar refractivity (Wildman–Crippen MR) is 60.9 cm³/mol. The van der Waals surface area contributed by atoms with Crippen LogP contribution in [0.15, 0.2) is 24.5 Å². The van der Waals surface area contributed by atoms with E-state index in [4.69, 9.17) is 0 Å². The molecule has 0 fully saturated rings. The van der Waals surface area contributed by atoms with Crippen LogP contribution in [0.5, 0.6) is 0 Å². The molecule has 0 aliphatic carbocycles. The summed E-state index contributed by atoms with van der Waals surface area (Å²) in [6.45, 7) is 0. The zero-order valence-electron chi connectivity index (χ0n) is 7.89. The average Bonchev–Trinajstić information content (AvgIpc) is 2.70. The lowest BCUT2D eigenvalue weighted by Gasteiger charge is -2.14. The Morgan fingerprint density at radius 3 is 3.00 bits per heavy atom. The van der Waals surface area contributed by atoms with Crippen LogP contribution in [0.3, 0.4) is 0 Å². The predicted octanol–water partition coefficient (Wildman–Crippen LogP) is 1.35. The summed E-state index contributed by atoms with van der Waals surface area (Å²) in [5.41, 5.74) is 1.39. The average molecular weight is 271 g/mol. The van der Waals surface area contributed by atoms with Crippen molar-refractivity contribution in [2.24, 2.45) is 0 Å². The van der Waals surface area contributed by atoms with E-state index in [1.807, 2.05) is 6.07 Å². The minimum absolute atomic E-state index is 0.334. The van der Waals surface area contributed by atoms with Gasteiger partial charge in [0.25, 0.3) is 0 Å². The lowest BCUT2D eigenvalue weighted by molar-refractivity contribution is 0.0352. The zero-order chi connectivity index (χ0) is 10.8. The van der Waals surface area contributed by atoms with Gasteiger partial charge < -0.3 is 15.2 Å². The molecule has 15 heavy (non-hydrogen) atoms. The first-order valence-corrected chi connectivity index (χ1v) is 5.70. The van der Waals surface area contributed by atoms with E-state index in [0.717, 1.165) is 5.39 Å². The van der Waals surface area contributed by atoms with Crippen molar-refractivity contribution in [3.05, 3.63) is 30.1 Å². The molecule has 2 atom stereocenters. The molecule has 2 aromatic heterocycles. The van der Waals surface area contributed by atoms with Gasteiger partial charge >= 0.3 is 0 Å². The second-order valence-electron chi connectivity index (χ2n) is 3.31. The minimum atomic E-state index is -0.901. The van der Waals surface area contributed by atoms with Crippen molar-refractivity contribution >= 4 is 27.0 Å². The molecule has 2 unspecified atom stereocenters. The van der Waals surface area contributed by atoms with Crippen LogP contribution >= 0.6 is 15.9 Å². The second kappa shape index (κ2) is 4.30. The first-order valence-electron chi connectivity index (χ1n) is 4.58. The molecule has 5 heteroatoms. The Labute approximate surface area is 95.1 Å². The van der Waals surface area contributed by atoms with E-state index in [0.29, 0.717) is 16.5 Å². The highest BCUT2D eigenvalue weighted by Gasteiger charge is 2.20. The fourth-order valence-corrected chi connectivity index (χ4v) is 1.87. The van der Waals surface area contributed by atoms with Crippen LogP contribution in [0.25, 0.3) is 11.0 Å². The van der Waals surface area contributed by atoms with Crippen LogP contribution in [0, 0.1) is 0 Å². The Kier molecular flexibility index (Phi) is 3.04. The number of aromatic amines is 1. The summed E-state index contributed by atoms with van der Waals surface area (Å²) in [6.07, 6.45) is 1.64. The summed E-state index contributed by atoms with van der Waals surface area (Å²) in [4.78, 5) is 7.06. The van der Waals surface area contributed by atoms with Crippen LogP contribution in [0.1, 0.15) is 11.7 Å². The third-order valence-electron chi connectivity index (χ3n) is 2.32. The molecular formula is C10H11BrN2O2. The second-order valence-corrected chi connectivity index (χ2v) is 3.96. The monoisotopic (exact) mass is 270 g/mol. The van der Waals surface area contributed by atoms with Crippen molar-refractivity contribution in [1.82, 2.24) is 9.97 Å². The molecule has 0 aliphatic rings. The quantitative estimate of drug-likeness (QED) is 0.738. The van der Waals surface area contributed by atoms with Gasteiger partial charge in [-0.2, -0.15) is 0 Å². The van der Waals surface area contributed by atoms with Crippen LogP contribution < -0.4 is 0 Å². The van der Waals surface area contributed by atoms with E-state index in [-0.39, 0.29) is 0 Å². The molecule has 2 rings (SSSR count). The number of nitrogens with one attached hydrogen (secondary N) is 1. The van der Waals surface area contributed by atoms with Gasteiger partial charge in [-0.05, 0) is 12.1 Å². The third-order valence-corrected chi connectivity index (χ3v) is 2.99. The molecule has 0 radical (unpaired) electrons. The Morgan fingerprint density at radius 2 is 2.27 bits per heavy atom. The molecular weight excluding hydrogens is 260 g/mol. The molecule has 0 amide bonds. The van der Waals surface area contributed by atoms with Gasteiger partial charge in [-0.1, -0.05) is 15.9 Å². The topological polar surface area (TPSA) is 69.1 Å². The molecule has 4 nitrogen and oxygen atoms in total. The fourth-order valence-electron chi connectivity index (χ4n) is 1.51. The fraction of sp³-hybridized carbons (Fsp3) is 0.300. The van der Waals surface area contributed by atoms with E-state index < -0.39 is 12.2 Å². The third kappa shape index (κ3) is 1.90. The molecule has 3 N–H and O–H groups in total. The molecule has 2 aromatic rings. The highest BCUT2D eigenvalue weighted by atomic mass is 79.9. The van der Waals surface area contributed by atoms with Crippen molar-refractivity contribution in [2.45, 2.75) is 12.2 Å². The standard InChI is InChI=1S/C10H11BrN2O2/c11-4-8(14)9(15)7-5-13-10-6(7)2-1-3-12-10/h1-3,5,8-9,14-15H,4H2,(H,12,13). The minimum Gasteiger partial charge on any atom is -0.389 e. The molecule has 0 saturated heterocycles. The number of halogens is 1. The molecule has 80 valence electrons. The van der Waals surface area contributed by atoms with E-state index in [2.05, 4.69) is 25.9 Å². The first kappa shape index (κ1) is 10.6. The number of hydrogen-bond donors (Lipinski definition) is 3. The Morgan fingerprint density at radius 1 is 1.47 bits per heavy atom. The lowest BCUT2D eigenvalue weighted by atomic mass is 10.1. The van der Waals surface area contributed by atoms with E-state index >= 15 is 0 Å². The number of aliphatic hydroxyl groups excluding tert-OH is 2. The van der Waals surface area contributed by atoms with Crippen molar-refractivity contribution in [2.75, 3.05) is 5.33 Å². The number of H-pyrrole nitrogens is 1. The number of pyridine rings is 1. The number of aliphatic hydroxyl groups is 2. The molecule has 0 aliphatic heterocycles. The highest BCUT2D eigenvalue weighted by molar-refractivity contribution is 9.09. The zero-order valence-corrected chi connectivity index (χ0v) is 9.48. The maximum atomic E-state index is 9.85. The largest absolute Gasteiger partial charge is 0.389 e. The number of rotatable bonds is 3. The van der Waals surface area contributed by atoms with Gasteiger partial charge in [0.05, 0.1) is 6.10 Å². The highest BCUT2D eigenvalue weighted by Crippen LogP contribution is 2.25. The van der Waals surface area contributed by atoms with Gasteiger partial charge in [0.1, 0.15) is 11.8 Å². The number of aromatic nitrogens is 2. The van der Waals surface area contributed by atoms with Crippen LogP contribution in [0.4, 0.5) is 0 Å². The summed E-state index contributed by atoms with van der Waals surface area (Å²) >= 11 is 3.13. The van der Waals surface area contributed by atoms with Gasteiger partial charge in [0.2, 0.25) is 0 Å². The van der Waals surface area contributed by atoms with E-state index in [1.54, 1.807) is 18.5 Å². The van der Waals surface area contributed by atoms with Crippen molar-refractivity contribution in [3.63, 3.8) is 0 Å². The van der Waals surface area contributed by atoms with Crippen molar-refractivity contribution in [3.8, 4) is 0 Å². The summed E-state index contributed by atoms with van der Waals surface area (Å²) < 4.78 is 0. The summed E-state index contributed by atoms with van der Waals surface area (Å²) in [7, 11) is 0.